The minimum atomic E-state index is 0.545. The summed E-state index contributed by atoms with van der Waals surface area (Å²) in [6.45, 7) is 1.92. The lowest BCUT2D eigenvalue weighted by atomic mass is 10.2. The molecule has 0 saturated carbocycles. The molecule has 0 aliphatic heterocycles. The second-order valence-electron chi connectivity index (χ2n) is 5.54. The zero-order valence-corrected chi connectivity index (χ0v) is 15.1. The number of benzene rings is 2. The molecule has 5 heteroatoms. The van der Waals surface area contributed by atoms with E-state index in [1.54, 1.807) is 12.3 Å². The smallest absolute Gasteiger partial charge is 0.119 e. The largest absolute Gasteiger partial charge is 0.492 e. The van der Waals surface area contributed by atoms with E-state index in [0.29, 0.717) is 29.7 Å². The zero-order chi connectivity index (χ0) is 17.5. The third kappa shape index (κ3) is 5.12. The first-order valence-corrected chi connectivity index (χ1v) is 8.75. The van der Waals surface area contributed by atoms with Gasteiger partial charge in [-0.05, 0) is 42.0 Å². The fourth-order valence-corrected chi connectivity index (χ4v) is 3.05. The molecular formula is C20H18Cl2N2O. The molecule has 0 bridgehead atoms. The molecule has 0 aliphatic rings. The second kappa shape index (κ2) is 8.75. The van der Waals surface area contributed by atoms with Crippen molar-refractivity contribution in [1.29, 1.82) is 0 Å². The SMILES string of the molecule is Clc1ccc(N(CCOc2ccccc2)Cc2cccnc2)c(Cl)c1. The molecule has 3 aromatic rings. The summed E-state index contributed by atoms with van der Waals surface area (Å²) in [6, 6.07) is 19.3. The summed E-state index contributed by atoms with van der Waals surface area (Å²) in [5.41, 5.74) is 2.03. The molecule has 25 heavy (non-hydrogen) atoms. The van der Waals surface area contributed by atoms with Gasteiger partial charge in [-0.3, -0.25) is 4.98 Å². The molecule has 0 fully saturated rings. The second-order valence-corrected chi connectivity index (χ2v) is 6.38. The molecule has 3 rings (SSSR count). The van der Waals surface area contributed by atoms with Gasteiger partial charge in [-0.25, -0.2) is 0 Å². The number of anilines is 1. The summed E-state index contributed by atoms with van der Waals surface area (Å²) >= 11 is 12.4. The Hall–Kier alpha value is -2.23. The Labute approximate surface area is 157 Å². The van der Waals surface area contributed by atoms with Gasteiger partial charge in [0.05, 0.1) is 17.3 Å². The first-order chi connectivity index (χ1) is 12.2. The maximum Gasteiger partial charge on any atom is 0.119 e. The highest BCUT2D eigenvalue weighted by Gasteiger charge is 2.12. The first-order valence-electron chi connectivity index (χ1n) is 7.99. The number of nitrogens with zero attached hydrogens (tertiary/aromatic N) is 2. The molecule has 0 N–H and O–H groups in total. The third-order valence-corrected chi connectivity index (χ3v) is 4.26. The standard InChI is InChI=1S/C20H18Cl2N2O/c21-17-8-9-20(19(22)13-17)24(15-16-5-4-10-23-14-16)11-12-25-18-6-2-1-3-7-18/h1-10,13-14H,11-12,15H2. The van der Waals surface area contributed by atoms with E-state index in [0.717, 1.165) is 17.0 Å². The molecule has 0 saturated heterocycles. The summed E-state index contributed by atoms with van der Waals surface area (Å²) in [5.74, 6) is 0.853. The number of hydrogen-bond acceptors (Lipinski definition) is 3. The van der Waals surface area contributed by atoms with E-state index in [4.69, 9.17) is 27.9 Å². The molecule has 128 valence electrons. The molecule has 0 aliphatic carbocycles. The van der Waals surface area contributed by atoms with Crippen molar-refractivity contribution in [1.82, 2.24) is 4.98 Å². The van der Waals surface area contributed by atoms with Crippen molar-refractivity contribution in [2.75, 3.05) is 18.1 Å². The molecule has 0 unspecified atom stereocenters. The van der Waals surface area contributed by atoms with E-state index in [2.05, 4.69) is 9.88 Å². The highest BCUT2D eigenvalue weighted by atomic mass is 35.5. The lowest BCUT2D eigenvalue weighted by Gasteiger charge is -2.26. The average molecular weight is 373 g/mol. The van der Waals surface area contributed by atoms with Crippen molar-refractivity contribution in [3.8, 4) is 5.75 Å². The van der Waals surface area contributed by atoms with Crippen LogP contribution in [0.5, 0.6) is 5.75 Å². The third-order valence-electron chi connectivity index (χ3n) is 3.72. The van der Waals surface area contributed by atoms with E-state index in [1.165, 1.54) is 0 Å². The van der Waals surface area contributed by atoms with Crippen LogP contribution in [0.2, 0.25) is 10.0 Å². The summed E-state index contributed by atoms with van der Waals surface area (Å²) in [7, 11) is 0. The Bertz CT molecular complexity index is 797. The molecule has 0 spiro atoms. The van der Waals surface area contributed by atoms with Gasteiger partial charge in [-0.1, -0.05) is 47.5 Å². The monoisotopic (exact) mass is 372 g/mol. The van der Waals surface area contributed by atoms with Gasteiger partial charge in [-0.2, -0.15) is 0 Å². The zero-order valence-electron chi connectivity index (χ0n) is 13.6. The molecule has 1 aromatic heterocycles. The molecular weight excluding hydrogens is 355 g/mol. The summed E-state index contributed by atoms with van der Waals surface area (Å²) in [6.07, 6.45) is 3.62. The van der Waals surface area contributed by atoms with Crippen LogP contribution in [-0.4, -0.2) is 18.1 Å². The molecule has 0 amide bonds. The molecule has 0 atom stereocenters. The fourth-order valence-electron chi connectivity index (χ4n) is 2.52. The maximum atomic E-state index is 6.40. The lowest BCUT2D eigenvalue weighted by Crippen LogP contribution is -2.28. The van der Waals surface area contributed by atoms with E-state index in [-0.39, 0.29) is 0 Å². The fraction of sp³-hybridized carbons (Fsp3) is 0.150. The minimum absolute atomic E-state index is 0.545. The predicted molar refractivity (Wildman–Crippen MR) is 104 cm³/mol. The van der Waals surface area contributed by atoms with Crippen LogP contribution in [0.3, 0.4) is 0 Å². The number of halogens is 2. The van der Waals surface area contributed by atoms with Crippen LogP contribution in [0.25, 0.3) is 0 Å². The van der Waals surface area contributed by atoms with Crippen molar-refractivity contribution < 1.29 is 4.74 Å². The van der Waals surface area contributed by atoms with E-state index >= 15 is 0 Å². The van der Waals surface area contributed by atoms with Crippen LogP contribution in [0.4, 0.5) is 5.69 Å². The van der Waals surface area contributed by atoms with E-state index in [1.807, 2.05) is 60.8 Å². The molecule has 3 nitrogen and oxygen atoms in total. The van der Waals surface area contributed by atoms with Gasteiger partial charge >= 0.3 is 0 Å². The van der Waals surface area contributed by atoms with Crippen LogP contribution < -0.4 is 9.64 Å². The predicted octanol–water partition coefficient (Wildman–Crippen LogP) is 5.47. The molecule has 2 aromatic carbocycles. The molecule has 1 heterocycles. The van der Waals surface area contributed by atoms with Crippen LogP contribution in [0.15, 0.2) is 73.1 Å². The summed E-state index contributed by atoms with van der Waals surface area (Å²) < 4.78 is 5.83. The number of para-hydroxylation sites is 1. The van der Waals surface area contributed by atoms with E-state index < -0.39 is 0 Å². The number of hydrogen-bond donors (Lipinski definition) is 0. The highest BCUT2D eigenvalue weighted by molar-refractivity contribution is 6.36. The molecule has 0 radical (unpaired) electrons. The van der Waals surface area contributed by atoms with Gasteiger partial charge in [-0.15, -0.1) is 0 Å². The Morgan fingerprint density at radius 3 is 2.52 bits per heavy atom. The number of ether oxygens (including phenoxy) is 1. The normalized spacial score (nSPS) is 10.5. The maximum absolute atomic E-state index is 6.40. The average Bonchev–Trinajstić information content (AvgIpc) is 2.63. The van der Waals surface area contributed by atoms with Gasteiger partial charge in [0.1, 0.15) is 12.4 Å². The van der Waals surface area contributed by atoms with Crippen molar-refractivity contribution >= 4 is 28.9 Å². The number of pyridine rings is 1. The van der Waals surface area contributed by atoms with Crippen LogP contribution in [0.1, 0.15) is 5.56 Å². The quantitative estimate of drug-likeness (QED) is 0.549. The van der Waals surface area contributed by atoms with Gasteiger partial charge in [0.25, 0.3) is 0 Å². The van der Waals surface area contributed by atoms with Gasteiger partial charge in [0.15, 0.2) is 0 Å². The van der Waals surface area contributed by atoms with Gasteiger partial charge in [0, 0.05) is 24.0 Å². The van der Waals surface area contributed by atoms with Crippen LogP contribution in [0, 0.1) is 0 Å². The van der Waals surface area contributed by atoms with Crippen LogP contribution >= 0.6 is 23.2 Å². The Kier molecular flexibility index (Phi) is 6.15. The lowest BCUT2D eigenvalue weighted by molar-refractivity contribution is 0.323. The minimum Gasteiger partial charge on any atom is -0.492 e. The van der Waals surface area contributed by atoms with Crippen LogP contribution in [-0.2, 0) is 6.54 Å². The van der Waals surface area contributed by atoms with Crippen molar-refractivity contribution in [3.63, 3.8) is 0 Å². The topological polar surface area (TPSA) is 25.4 Å². The summed E-state index contributed by atoms with van der Waals surface area (Å²) in [4.78, 5) is 6.35. The number of aromatic nitrogens is 1. The Morgan fingerprint density at radius 2 is 1.80 bits per heavy atom. The van der Waals surface area contributed by atoms with Gasteiger partial charge < -0.3 is 9.64 Å². The van der Waals surface area contributed by atoms with Gasteiger partial charge in [0.2, 0.25) is 0 Å². The van der Waals surface area contributed by atoms with E-state index in [9.17, 15) is 0 Å². The van der Waals surface area contributed by atoms with Crippen molar-refractivity contribution in [2.24, 2.45) is 0 Å². The Balaban J connectivity index is 1.74. The first kappa shape index (κ1) is 17.6. The van der Waals surface area contributed by atoms with Crippen molar-refractivity contribution in [2.45, 2.75) is 6.54 Å². The van der Waals surface area contributed by atoms with Crippen molar-refractivity contribution in [3.05, 3.63) is 88.7 Å². The highest BCUT2D eigenvalue weighted by Crippen LogP contribution is 2.29. The number of rotatable bonds is 7. The summed E-state index contributed by atoms with van der Waals surface area (Å²) in [5, 5.41) is 1.24. The Morgan fingerprint density at radius 1 is 0.960 bits per heavy atom.